The summed E-state index contributed by atoms with van der Waals surface area (Å²) in [4.78, 5) is 24.8. The molecule has 32 heavy (non-hydrogen) atoms. The molecule has 0 aliphatic rings. The molecule has 3 rings (SSSR count). The summed E-state index contributed by atoms with van der Waals surface area (Å²) in [6, 6.07) is 22.6. The normalized spacial score (nSPS) is 10.7. The minimum Gasteiger partial charge on any atom is -0.483 e. The molecule has 0 atom stereocenters. The first kappa shape index (κ1) is 23.1. The summed E-state index contributed by atoms with van der Waals surface area (Å²) in [5.41, 5.74) is 1.44. The molecule has 0 saturated carbocycles. The molecule has 0 heterocycles. The number of nitrogens with zero attached hydrogens (tertiary/aromatic N) is 1. The number of rotatable bonds is 7. The molecule has 0 radical (unpaired) electrons. The Balaban J connectivity index is 1.75. The van der Waals surface area contributed by atoms with Crippen LogP contribution in [0.2, 0.25) is 5.02 Å². The number of nitrogens with one attached hydrogen (secondary N) is 2. The summed E-state index contributed by atoms with van der Waals surface area (Å²) in [7, 11) is 0. The maximum atomic E-state index is 12.6. The summed E-state index contributed by atoms with van der Waals surface area (Å²) >= 11 is 9.30. The van der Waals surface area contributed by atoms with Gasteiger partial charge in [-0.3, -0.25) is 9.59 Å². The van der Waals surface area contributed by atoms with Gasteiger partial charge >= 0.3 is 0 Å². The Kier molecular flexibility index (Phi) is 8.03. The van der Waals surface area contributed by atoms with E-state index in [9.17, 15) is 14.9 Å². The molecule has 2 N–H and O–H groups in total. The second kappa shape index (κ2) is 11.1. The Morgan fingerprint density at radius 2 is 1.75 bits per heavy atom. The van der Waals surface area contributed by atoms with E-state index in [4.69, 9.17) is 16.3 Å². The first-order chi connectivity index (χ1) is 15.4. The van der Waals surface area contributed by atoms with E-state index < -0.39 is 5.91 Å². The van der Waals surface area contributed by atoms with Crippen LogP contribution in [-0.2, 0) is 9.59 Å². The average Bonchev–Trinajstić information content (AvgIpc) is 2.77. The summed E-state index contributed by atoms with van der Waals surface area (Å²) in [5.74, 6) is -0.588. The van der Waals surface area contributed by atoms with Crippen LogP contribution in [0.5, 0.6) is 5.75 Å². The van der Waals surface area contributed by atoms with E-state index in [0.717, 1.165) is 4.47 Å². The van der Waals surface area contributed by atoms with Crippen molar-refractivity contribution in [2.45, 2.75) is 0 Å². The predicted octanol–water partition coefficient (Wildman–Crippen LogP) is 5.67. The molecule has 6 nitrogen and oxygen atoms in total. The molecule has 3 aromatic rings. The van der Waals surface area contributed by atoms with Gasteiger partial charge in [0.15, 0.2) is 6.61 Å². The number of anilines is 2. The van der Waals surface area contributed by atoms with Gasteiger partial charge in [-0.2, -0.15) is 5.26 Å². The standard InChI is InChI=1S/C24H17BrClN3O3/c25-18-9-10-22(32-15-23(30)28-20-6-2-1-3-7-20)16(12-18)11-17(14-27)24(31)29-21-8-4-5-19(26)13-21/h1-13H,15H2,(H,28,30)(H,29,31)/b17-11+. The highest BCUT2D eigenvalue weighted by molar-refractivity contribution is 9.10. The summed E-state index contributed by atoms with van der Waals surface area (Å²) in [5, 5.41) is 15.3. The molecule has 3 aromatic carbocycles. The van der Waals surface area contributed by atoms with Crippen LogP contribution in [0.25, 0.3) is 6.08 Å². The number of hydrogen-bond donors (Lipinski definition) is 2. The average molecular weight is 511 g/mol. The number of amides is 2. The van der Waals surface area contributed by atoms with Crippen molar-refractivity contribution in [1.82, 2.24) is 0 Å². The van der Waals surface area contributed by atoms with Crippen molar-refractivity contribution < 1.29 is 14.3 Å². The monoisotopic (exact) mass is 509 g/mol. The smallest absolute Gasteiger partial charge is 0.266 e. The van der Waals surface area contributed by atoms with Gasteiger partial charge in [-0.25, -0.2) is 0 Å². The lowest BCUT2D eigenvalue weighted by Gasteiger charge is -2.11. The maximum absolute atomic E-state index is 12.6. The van der Waals surface area contributed by atoms with Gasteiger partial charge in [0.2, 0.25) is 0 Å². The van der Waals surface area contributed by atoms with Crippen LogP contribution in [0, 0.1) is 11.3 Å². The minimum absolute atomic E-state index is 0.137. The Hall–Kier alpha value is -3.60. The fraction of sp³-hybridized carbons (Fsp3) is 0.0417. The first-order valence-corrected chi connectivity index (χ1v) is 10.6. The quantitative estimate of drug-likeness (QED) is 0.317. The second-order valence-corrected chi connectivity index (χ2v) is 7.87. The van der Waals surface area contributed by atoms with Crippen LogP contribution in [0.3, 0.4) is 0 Å². The third-order valence-corrected chi connectivity index (χ3v) is 4.86. The number of ether oxygens (including phenoxy) is 1. The third-order valence-electron chi connectivity index (χ3n) is 4.14. The van der Waals surface area contributed by atoms with Crippen molar-refractivity contribution in [3.8, 4) is 11.8 Å². The van der Waals surface area contributed by atoms with E-state index in [1.807, 2.05) is 24.3 Å². The molecule has 0 aromatic heterocycles. The molecule has 160 valence electrons. The van der Waals surface area contributed by atoms with Crippen molar-refractivity contribution in [2.75, 3.05) is 17.2 Å². The van der Waals surface area contributed by atoms with E-state index in [1.54, 1.807) is 54.6 Å². The molecule has 0 fully saturated rings. The van der Waals surface area contributed by atoms with Gasteiger partial charge in [-0.05, 0) is 54.6 Å². The van der Waals surface area contributed by atoms with Gasteiger partial charge < -0.3 is 15.4 Å². The largest absolute Gasteiger partial charge is 0.483 e. The summed E-state index contributed by atoms with van der Waals surface area (Å²) < 4.78 is 6.37. The molecule has 0 bridgehead atoms. The SMILES string of the molecule is N#C/C(=C\c1cc(Br)ccc1OCC(=O)Nc1ccccc1)C(=O)Nc1cccc(Cl)c1. The van der Waals surface area contributed by atoms with Crippen LogP contribution in [-0.4, -0.2) is 18.4 Å². The molecule has 0 unspecified atom stereocenters. The zero-order valence-corrected chi connectivity index (χ0v) is 19.0. The fourth-order valence-electron chi connectivity index (χ4n) is 2.69. The van der Waals surface area contributed by atoms with Gasteiger partial charge in [-0.15, -0.1) is 0 Å². The lowest BCUT2D eigenvalue weighted by atomic mass is 10.1. The lowest BCUT2D eigenvalue weighted by Crippen LogP contribution is -2.20. The zero-order valence-electron chi connectivity index (χ0n) is 16.6. The van der Waals surface area contributed by atoms with Crippen molar-refractivity contribution in [2.24, 2.45) is 0 Å². The van der Waals surface area contributed by atoms with E-state index in [-0.39, 0.29) is 18.1 Å². The molecule has 2 amide bonds. The summed E-state index contributed by atoms with van der Waals surface area (Å²) in [6.07, 6.45) is 1.40. The van der Waals surface area contributed by atoms with Gasteiger partial charge in [0.1, 0.15) is 17.4 Å². The molecule has 0 spiro atoms. The van der Waals surface area contributed by atoms with E-state index >= 15 is 0 Å². The zero-order chi connectivity index (χ0) is 22.9. The first-order valence-electron chi connectivity index (χ1n) is 9.40. The summed E-state index contributed by atoms with van der Waals surface area (Å²) in [6.45, 7) is -0.242. The van der Waals surface area contributed by atoms with E-state index in [0.29, 0.717) is 27.7 Å². The Bertz CT molecular complexity index is 1210. The van der Waals surface area contributed by atoms with Gasteiger partial charge in [-0.1, -0.05) is 51.8 Å². The predicted molar refractivity (Wildman–Crippen MR) is 128 cm³/mol. The molecular weight excluding hydrogens is 494 g/mol. The van der Waals surface area contributed by atoms with Crippen LogP contribution in [0.1, 0.15) is 5.56 Å². The van der Waals surface area contributed by atoms with Crippen LogP contribution >= 0.6 is 27.5 Å². The van der Waals surface area contributed by atoms with E-state index in [2.05, 4.69) is 26.6 Å². The lowest BCUT2D eigenvalue weighted by molar-refractivity contribution is -0.118. The number of halogens is 2. The van der Waals surface area contributed by atoms with Gasteiger partial charge in [0.05, 0.1) is 0 Å². The molecule has 0 aliphatic carbocycles. The molecular formula is C24H17BrClN3O3. The van der Waals surface area contributed by atoms with Gasteiger partial charge in [0, 0.05) is 26.4 Å². The minimum atomic E-state index is -0.595. The van der Waals surface area contributed by atoms with Crippen molar-refractivity contribution in [3.05, 3.63) is 93.4 Å². The Morgan fingerprint density at radius 3 is 2.47 bits per heavy atom. The van der Waals surface area contributed by atoms with Crippen LogP contribution in [0.4, 0.5) is 11.4 Å². The van der Waals surface area contributed by atoms with Crippen LogP contribution in [0.15, 0.2) is 82.8 Å². The van der Waals surface area contributed by atoms with Crippen molar-refractivity contribution in [1.29, 1.82) is 5.26 Å². The molecule has 0 aliphatic heterocycles. The Labute approximate surface area is 198 Å². The third kappa shape index (κ3) is 6.71. The number of hydrogen-bond acceptors (Lipinski definition) is 4. The highest BCUT2D eigenvalue weighted by Crippen LogP contribution is 2.26. The van der Waals surface area contributed by atoms with Crippen molar-refractivity contribution in [3.63, 3.8) is 0 Å². The highest BCUT2D eigenvalue weighted by Gasteiger charge is 2.13. The second-order valence-electron chi connectivity index (χ2n) is 6.52. The van der Waals surface area contributed by atoms with E-state index in [1.165, 1.54) is 6.08 Å². The molecule has 0 saturated heterocycles. The highest BCUT2D eigenvalue weighted by atomic mass is 79.9. The van der Waals surface area contributed by atoms with Gasteiger partial charge in [0.25, 0.3) is 11.8 Å². The number of nitriles is 1. The molecule has 8 heteroatoms. The number of para-hydroxylation sites is 1. The van der Waals surface area contributed by atoms with Crippen molar-refractivity contribution >= 4 is 56.8 Å². The number of carbonyl (C=O) groups excluding carboxylic acids is 2. The number of benzene rings is 3. The van der Waals surface area contributed by atoms with Crippen LogP contribution < -0.4 is 15.4 Å². The maximum Gasteiger partial charge on any atom is 0.266 e. The fourth-order valence-corrected chi connectivity index (χ4v) is 3.26. The Morgan fingerprint density at radius 1 is 1.00 bits per heavy atom. The topological polar surface area (TPSA) is 91.2 Å². The number of carbonyl (C=O) groups is 2.